The molecule has 0 aromatic heterocycles. The van der Waals surface area contributed by atoms with Crippen molar-refractivity contribution in [2.75, 3.05) is 0 Å². The van der Waals surface area contributed by atoms with Crippen molar-refractivity contribution in [2.24, 2.45) is 0 Å². The van der Waals surface area contributed by atoms with Crippen molar-refractivity contribution in [3.63, 3.8) is 0 Å². The molecule has 2 unspecified atom stereocenters. The number of hydrogen-bond donors (Lipinski definition) is 11. The summed E-state index contributed by atoms with van der Waals surface area (Å²) >= 11 is 0. The lowest BCUT2D eigenvalue weighted by molar-refractivity contribution is -0.165. The van der Waals surface area contributed by atoms with Gasteiger partial charge in [0.15, 0.2) is 12.2 Å². The van der Waals surface area contributed by atoms with Gasteiger partial charge in [0.05, 0.1) is 0 Å². The maximum Gasteiger partial charge on any atom is 0.503 e. The normalized spacial score (nSPS) is 10.9. The molecule has 0 bridgehead atoms. The average Bonchev–Trinajstić information content (AvgIpc) is 2.11. The van der Waals surface area contributed by atoms with Crippen molar-refractivity contribution in [1.29, 1.82) is 0 Å². The number of aliphatic hydroxyl groups excluding tert-OH is 2. The Kier molecular flexibility index (Phi) is 28.3. The minimum Gasteiger partial charge on any atom is -0.479 e. The molecule has 0 amide bonds. The number of carbonyl (C=O) groups is 3. The summed E-state index contributed by atoms with van der Waals surface area (Å²) in [5, 5.41) is 46.5. The van der Waals surface area contributed by atoms with Crippen LogP contribution in [-0.4, -0.2) is 78.5 Å². The van der Waals surface area contributed by atoms with E-state index in [4.69, 9.17) is 53.0 Å². The molecular formula is C5H19N3O13S. The highest BCUT2D eigenvalue weighted by Crippen LogP contribution is 1.92. The summed E-state index contributed by atoms with van der Waals surface area (Å²) in [6.45, 7) is 0. The zero-order valence-corrected chi connectivity index (χ0v) is 11.6. The molecule has 0 aliphatic rings. The minimum atomic E-state index is -4.67. The standard InChI is InChI=1S/C4H6O6.CH2O3.3H3N.H2O4S/c5-1(3(7)8)2(6)4(9)10;2-1(3)4;;;;1-5(2,3)4/h1-2,5-6H,(H,7,8)(H,9,10);(H2,2,3,4);3*1H3;(H2,1,2,3,4). The van der Waals surface area contributed by atoms with Crippen LogP contribution in [0.4, 0.5) is 4.79 Å². The van der Waals surface area contributed by atoms with Gasteiger partial charge in [0, 0.05) is 0 Å². The van der Waals surface area contributed by atoms with Gasteiger partial charge in [0.2, 0.25) is 0 Å². The van der Waals surface area contributed by atoms with Crippen LogP contribution in [0.25, 0.3) is 0 Å². The Balaban J connectivity index is -0.0000000461. The van der Waals surface area contributed by atoms with Crippen LogP contribution >= 0.6 is 0 Å². The van der Waals surface area contributed by atoms with E-state index >= 15 is 0 Å². The fourth-order valence-corrected chi connectivity index (χ4v) is 0.270. The van der Waals surface area contributed by atoms with Crippen LogP contribution in [-0.2, 0) is 20.0 Å². The number of carboxylic acids is 2. The maximum absolute atomic E-state index is 9.77. The van der Waals surface area contributed by atoms with E-state index in [0.29, 0.717) is 0 Å². The fourth-order valence-electron chi connectivity index (χ4n) is 0.270. The summed E-state index contributed by atoms with van der Waals surface area (Å²) in [6.07, 6.45) is -6.37. The van der Waals surface area contributed by atoms with Crippen molar-refractivity contribution >= 4 is 28.5 Å². The summed E-state index contributed by atoms with van der Waals surface area (Å²) in [5.41, 5.74) is 0. The number of rotatable bonds is 3. The molecule has 138 valence electrons. The number of aliphatic carboxylic acids is 2. The van der Waals surface area contributed by atoms with Crippen molar-refractivity contribution < 1.29 is 62.5 Å². The van der Waals surface area contributed by atoms with Crippen LogP contribution in [0.3, 0.4) is 0 Å². The van der Waals surface area contributed by atoms with Gasteiger partial charge in [-0.05, 0) is 0 Å². The first-order valence-corrected chi connectivity index (χ1v) is 5.03. The van der Waals surface area contributed by atoms with Gasteiger partial charge >= 0.3 is 28.5 Å². The molecule has 0 spiro atoms. The molecule has 17 N–H and O–H groups in total. The second-order valence-corrected chi connectivity index (χ2v) is 3.19. The van der Waals surface area contributed by atoms with Crippen molar-refractivity contribution in [3.8, 4) is 0 Å². The third kappa shape index (κ3) is 52.2. The van der Waals surface area contributed by atoms with Gasteiger partial charge in [-0.3, -0.25) is 9.11 Å². The Bertz CT molecular complexity index is 378. The second kappa shape index (κ2) is 16.9. The summed E-state index contributed by atoms with van der Waals surface area (Å²) in [6, 6.07) is 0. The zero-order chi connectivity index (χ0) is 16.4. The fraction of sp³-hybridized carbons (Fsp3) is 0.400. The smallest absolute Gasteiger partial charge is 0.479 e. The highest BCUT2D eigenvalue weighted by atomic mass is 32.3. The second-order valence-electron chi connectivity index (χ2n) is 2.30. The quantitative estimate of drug-likeness (QED) is 0.240. The number of aliphatic hydroxyl groups is 2. The van der Waals surface area contributed by atoms with Crippen LogP contribution in [0.15, 0.2) is 0 Å². The molecule has 2 atom stereocenters. The first-order chi connectivity index (χ1) is 8.20. The largest absolute Gasteiger partial charge is 0.503 e. The number of carboxylic acid groups (broad SMARTS) is 4. The average molecular weight is 361 g/mol. The predicted molar refractivity (Wildman–Crippen MR) is 67.2 cm³/mol. The van der Waals surface area contributed by atoms with E-state index in [1.54, 1.807) is 0 Å². The monoisotopic (exact) mass is 361 g/mol. The van der Waals surface area contributed by atoms with Crippen LogP contribution in [0.2, 0.25) is 0 Å². The SMILES string of the molecule is N.N.N.O=C(O)C(O)C(O)C(=O)O.O=C(O)O.O=S(=O)(O)O. The Hall–Kier alpha value is -2.12. The Morgan fingerprint density at radius 2 is 0.773 bits per heavy atom. The lowest BCUT2D eigenvalue weighted by Crippen LogP contribution is -2.39. The zero-order valence-electron chi connectivity index (χ0n) is 10.8. The van der Waals surface area contributed by atoms with E-state index in [1.807, 2.05) is 0 Å². The van der Waals surface area contributed by atoms with Crippen LogP contribution in [0.1, 0.15) is 0 Å². The Labute approximate surface area is 122 Å². The third-order valence-corrected chi connectivity index (χ3v) is 0.805. The highest BCUT2D eigenvalue weighted by Gasteiger charge is 2.29. The summed E-state index contributed by atoms with van der Waals surface area (Å²) in [7, 11) is -4.67. The van der Waals surface area contributed by atoms with E-state index < -0.39 is 40.7 Å². The molecule has 0 fully saturated rings. The van der Waals surface area contributed by atoms with Gasteiger partial charge in [0.25, 0.3) is 0 Å². The predicted octanol–water partition coefficient (Wildman–Crippen LogP) is -2.07. The van der Waals surface area contributed by atoms with Gasteiger partial charge in [0.1, 0.15) is 0 Å². The van der Waals surface area contributed by atoms with E-state index in [0.717, 1.165) is 0 Å². The van der Waals surface area contributed by atoms with E-state index in [9.17, 15) is 9.59 Å². The van der Waals surface area contributed by atoms with Crippen molar-refractivity contribution in [1.82, 2.24) is 18.5 Å². The van der Waals surface area contributed by atoms with Crippen LogP contribution in [0.5, 0.6) is 0 Å². The van der Waals surface area contributed by atoms with Gasteiger partial charge in [-0.2, -0.15) is 8.42 Å². The molecule has 16 nitrogen and oxygen atoms in total. The molecule has 22 heavy (non-hydrogen) atoms. The molecule has 0 aromatic rings. The van der Waals surface area contributed by atoms with Crippen molar-refractivity contribution in [3.05, 3.63) is 0 Å². The molecule has 0 heterocycles. The van der Waals surface area contributed by atoms with Crippen LogP contribution in [0, 0.1) is 0 Å². The molecule has 0 aromatic carbocycles. The lowest BCUT2D eigenvalue weighted by atomic mass is 10.2. The summed E-state index contributed by atoms with van der Waals surface area (Å²) < 4.78 is 31.6. The molecular weight excluding hydrogens is 342 g/mol. The Morgan fingerprint density at radius 1 is 0.682 bits per heavy atom. The Morgan fingerprint density at radius 3 is 0.818 bits per heavy atom. The van der Waals surface area contributed by atoms with Gasteiger partial charge < -0.3 is 49.1 Å². The number of hydrogen-bond acceptors (Lipinski definition) is 10. The van der Waals surface area contributed by atoms with E-state index in [2.05, 4.69) is 0 Å². The topological polar surface area (TPSA) is 352 Å². The highest BCUT2D eigenvalue weighted by molar-refractivity contribution is 7.79. The van der Waals surface area contributed by atoms with E-state index in [-0.39, 0.29) is 18.5 Å². The van der Waals surface area contributed by atoms with Gasteiger partial charge in [-0.15, -0.1) is 0 Å². The molecule has 0 aliphatic heterocycles. The van der Waals surface area contributed by atoms with Gasteiger partial charge in [-0.1, -0.05) is 0 Å². The van der Waals surface area contributed by atoms with E-state index in [1.165, 1.54) is 0 Å². The summed E-state index contributed by atoms with van der Waals surface area (Å²) in [4.78, 5) is 28.1. The molecule has 17 heteroatoms. The molecule has 0 radical (unpaired) electrons. The molecule has 0 saturated carbocycles. The lowest BCUT2D eigenvalue weighted by Gasteiger charge is -2.07. The van der Waals surface area contributed by atoms with Crippen LogP contribution < -0.4 is 18.5 Å². The molecule has 0 saturated heterocycles. The minimum absolute atomic E-state index is 0. The van der Waals surface area contributed by atoms with Crippen molar-refractivity contribution in [2.45, 2.75) is 12.2 Å². The first kappa shape index (κ1) is 36.8. The third-order valence-electron chi connectivity index (χ3n) is 0.805. The first-order valence-electron chi connectivity index (χ1n) is 3.63. The van der Waals surface area contributed by atoms with Gasteiger partial charge in [-0.25, -0.2) is 14.4 Å². The summed E-state index contributed by atoms with van der Waals surface area (Å²) in [5.74, 6) is -3.54. The molecule has 0 aliphatic carbocycles. The maximum atomic E-state index is 9.77. The molecule has 0 rings (SSSR count).